The average molecular weight is 661 g/mol. The minimum atomic E-state index is -3.70. The van der Waals surface area contributed by atoms with Gasteiger partial charge in [0.15, 0.2) is 0 Å². The molecule has 0 unspecified atom stereocenters. The quantitative estimate of drug-likeness (QED) is 0.254. The molecule has 0 aliphatic carbocycles. The van der Waals surface area contributed by atoms with Gasteiger partial charge >= 0.3 is 0 Å². The van der Waals surface area contributed by atoms with Gasteiger partial charge in [-0.25, -0.2) is 8.42 Å². The Labute approximate surface area is 232 Å². The monoisotopic (exact) mass is 658 g/mol. The minimum absolute atomic E-state index is 0.126. The van der Waals surface area contributed by atoms with Crippen molar-refractivity contribution in [3.05, 3.63) is 79.7 Å². The number of amides is 1. The summed E-state index contributed by atoms with van der Waals surface area (Å²) in [6.45, 7) is 6.34. The molecule has 0 aliphatic heterocycles. The molecule has 3 aromatic carbocycles. The number of carbonyl (C=O) groups is 1. The van der Waals surface area contributed by atoms with Gasteiger partial charge in [0.2, 0.25) is 10.0 Å². The van der Waals surface area contributed by atoms with Crippen molar-refractivity contribution in [2.75, 3.05) is 18.4 Å². The number of benzene rings is 3. The molecule has 1 amide bonds. The molecule has 0 bridgehead atoms. The number of rotatable bonds is 9. The Balaban J connectivity index is 2.04. The van der Waals surface area contributed by atoms with Crippen molar-refractivity contribution in [1.29, 1.82) is 0 Å². The van der Waals surface area contributed by atoms with E-state index in [1.165, 1.54) is 22.1 Å². The summed E-state index contributed by atoms with van der Waals surface area (Å²) in [5.41, 5.74) is 1.92. The van der Waals surface area contributed by atoms with Gasteiger partial charge in [-0.3, -0.25) is 4.79 Å². The molecule has 0 radical (unpaired) electrons. The Morgan fingerprint density at radius 3 is 2.11 bits per heavy atom. The molecule has 0 heterocycles. The highest BCUT2D eigenvalue weighted by molar-refractivity contribution is 9.11. The Hall–Kier alpha value is -1.36. The van der Waals surface area contributed by atoms with E-state index in [9.17, 15) is 13.2 Å². The van der Waals surface area contributed by atoms with Crippen LogP contribution in [0.3, 0.4) is 0 Å². The molecule has 0 saturated heterocycles. The SMILES string of the molecule is CCc1c(Br)cc(C(=O)Nc2cc(S(=O)(=O)N(CC)CC)ccc2Sc2ccc(Cl)cc2)cc1Br. The molecule has 0 aliphatic rings. The Kier molecular flexibility index (Phi) is 9.88. The maximum absolute atomic E-state index is 13.2. The van der Waals surface area contributed by atoms with Crippen molar-refractivity contribution in [3.8, 4) is 0 Å². The first-order valence-electron chi connectivity index (χ1n) is 11.0. The maximum Gasteiger partial charge on any atom is 0.255 e. The van der Waals surface area contributed by atoms with Crippen LogP contribution >= 0.6 is 55.2 Å². The first-order valence-corrected chi connectivity index (χ1v) is 15.2. The van der Waals surface area contributed by atoms with Crippen molar-refractivity contribution in [2.24, 2.45) is 0 Å². The van der Waals surface area contributed by atoms with E-state index in [1.54, 1.807) is 50.2 Å². The summed E-state index contributed by atoms with van der Waals surface area (Å²) in [7, 11) is -3.70. The first-order chi connectivity index (χ1) is 16.6. The van der Waals surface area contributed by atoms with Gasteiger partial charge in [0.1, 0.15) is 0 Å². The van der Waals surface area contributed by atoms with Gasteiger partial charge < -0.3 is 5.32 Å². The molecule has 3 rings (SSSR count). The lowest BCUT2D eigenvalue weighted by atomic mass is 10.1. The molecule has 35 heavy (non-hydrogen) atoms. The van der Waals surface area contributed by atoms with E-state index in [0.717, 1.165) is 25.8 Å². The maximum atomic E-state index is 13.2. The topological polar surface area (TPSA) is 66.5 Å². The Morgan fingerprint density at radius 1 is 0.971 bits per heavy atom. The number of anilines is 1. The second-order valence-corrected chi connectivity index (χ2v) is 12.7. The fraction of sp³-hybridized carbons (Fsp3) is 0.240. The van der Waals surface area contributed by atoms with Gasteiger partial charge in [-0.05, 0) is 66.6 Å². The van der Waals surface area contributed by atoms with Crippen molar-refractivity contribution in [3.63, 3.8) is 0 Å². The number of nitrogens with zero attached hydrogens (tertiary/aromatic N) is 1. The van der Waals surface area contributed by atoms with Gasteiger partial charge in [-0.2, -0.15) is 4.31 Å². The zero-order valence-electron chi connectivity index (χ0n) is 19.4. The van der Waals surface area contributed by atoms with E-state index in [1.807, 2.05) is 19.1 Å². The predicted octanol–water partition coefficient (Wildman–Crippen LogP) is 7.86. The normalized spacial score (nSPS) is 11.6. The molecule has 0 atom stereocenters. The summed E-state index contributed by atoms with van der Waals surface area (Å²) in [5.74, 6) is -0.343. The van der Waals surface area contributed by atoms with Crippen LogP contribution in [-0.2, 0) is 16.4 Å². The lowest BCUT2D eigenvalue weighted by molar-refractivity contribution is 0.102. The Bertz CT molecular complexity index is 1310. The van der Waals surface area contributed by atoms with Gasteiger partial charge in [0, 0.05) is 42.4 Å². The van der Waals surface area contributed by atoms with Gasteiger partial charge in [0.25, 0.3) is 5.91 Å². The summed E-state index contributed by atoms with van der Waals surface area (Å²) in [6.07, 6.45) is 0.802. The van der Waals surface area contributed by atoms with Gasteiger partial charge in [0.05, 0.1) is 10.6 Å². The van der Waals surface area contributed by atoms with Crippen LogP contribution in [0.25, 0.3) is 0 Å². The van der Waals surface area contributed by atoms with Crippen LogP contribution < -0.4 is 5.32 Å². The predicted molar refractivity (Wildman–Crippen MR) is 151 cm³/mol. The van der Waals surface area contributed by atoms with Crippen molar-refractivity contribution in [2.45, 2.75) is 41.9 Å². The van der Waals surface area contributed by atoms with Crippen LogP contribution in [0.15, 0.2) is 78.2 Å². The first kappa shape index (κ1) is 28.2. The third-order valence-corrected chi connectivity index (χ3v) is 10.1. The van der Waals surface area contributed by atoms with Gasteiger partial charge in [-0.15, -0.1) is 0 Å². The molecule has 0 aromatic heterocycles. The van der Waals surface area contributed by atoms with E-state index in [4.69, 9.17) is 11.6 Å². The highest BCUT2D eigenvalue weighted by Gasteiger charge is 2.23. The van der Waals surface area contributed by atoms with E-state index in [-0.39, 0.29) is 10.8 Å². The van der Waals surface area contributed by atoms with Crippen LogP contribution in [0.4, 0.5) is 5.69 Å². The fourth-order valence-electron chi connectivity index (χ4n) is 3.46. The van der Waals surface area contributed by atoms with Crippen LogP contribution in [0, 0.1) is 0 Å². The smallest absolute Gasteiger partial charge is 0.255 e. The van der Waals surface area contributed by atoms with Crippen LogP contribution in [-0.4, -0.2) is 31.7 Å². The molecular formula is C25H25Br2ClN2O3S2. The van der Waals surface area contributed by atoms with Crippen molar-refractivity contribution < 1.29 is 13.2 Å². The van der Waals surface area contributed by atoms with Crippen LogP contribution in [0.1, 0.15) is 36.7 Å². The van der Waals surface area contributed by atoms with E-state index in [2.05, 4.69) is 37.2 Å². The number of hydrogen-bond donors (Lipinski definition) is 1. The fourth-order valence-corrected chi connectivity index (χ4v) is 7.70. The van der Waals surface area contributed by atoms with E-state index < -0.39 is 10.0 Å². The van der Waals surface area contributed by atoms with Gasteiger partial charge in [-0.1, -0.05) is 76.0 Å². The molecule has 0 fully saturated rings. The number of carbonyl (C=O) groups excluding carboxylic acids is 1. The molecular weight excluding hydrogens is 636 g/mol. The molecule has 3 aromatic rings. The zero-order chi connectivity index (χ0) is 25.8. The lowest BCUT2D eigenvalue weighted by Gasteiger charge is -2.20. The molecule has 1 N–H and O–H groups in total. The van der Waals surface area contributed by atoms with Crippen molar-refractivity contribution in [1.82, 2.24) is 4.31 Å². The summed E-state index contributed by atoms with van der Waals surface area (Å²) >= 11 is 14.5. The van der Waals surface area contributed by atoms with E-state index >= 15 is 0 Å². The summed E-state index contributed by atoms with van der Waals surface area (Å²) in [5, 5.41) is 3.55. The molecule has 10 heteroatoms. The standard InChI is InChI=1S/C25H25Br2ClN2O3S2/c1-4-20-21(26)13-16(14-22(20)27)25(31)29-23-15-19(35(32,33)30(5-2)6-3)11-12-24(23)34-18-9-7-17(28)8-10-18/h7-15H,4-6H2,1-3H3,(H,29,31). The summed E-state index contributed by atoms with van der Waals surface area (Å²) < 4.78 is 29.3. The highest BCUT2D eigenvalue weighted by Crippen LogP contribution is 2.37. The lowest BCUT2D eigenvalue weighted by Crippen LogP contribution is -2.30. The second-order valence-electron chi connectivity index (χ2n) is 7.53. The molecule has 0 spiro atoms. The molecule has 186 valence electrons. The zero-order valence-corrected chi connectivity index (χ0v) is 25.0. The van der Waals surface area contributed by atoms with Crippen molar-refractivity contribution >= 4 is 76.8 Å². The second kappa shape index (κ2) is 12.3. The number of nitrogens with one attached hydrogen (secondary N) is 1. The van der Waals surface area contributed by atoms with Crippen LogP contribution in [0.5, 0.6) is 0 Å². The third-order valence-electron chi connectivity index (χ3n) is 5.34. The summed E-state index contributed by atoms with van der Waals surface area (Å²) in [4.78, 5) is 15.0. The Morgan fingerprint density at radius 2 is 1.57 bits per heavy atom. The summed E-state index contributed by atoms with van der Waals surface area (Å²) in [6, 6.07) is 15.7. The number of hydrogen-bond acceptors (Lipinski definition) is 4. The number of sulfonamides is 1. The number of halogens is 3. The average Bonchev–Trinajstić information content (AvgIpc) is 2.81. The largest absolute Gasteiger partial charge is 0.321 e. The molecule has 0 saturated carbocycles. The van der Waals surface area contributed by atoms with Crippen LogP contribution in [0.2, 0.25) is 5.02 Å². The minimum Gasteiger partial charge on any atom is -0.321 e. The molecule has 5 nitrogen and oxygen atoms in total. The van der Waals surface area contributed by atoms with E-state index in [0.29, 0.717) is 34.3 Å². The highest BCUT2D eigenvalue weighted by atomic mass is 79.9. The third kappa shape index (κ3) is 6.70.